The molecular formula is C10H10Br2O2S. The Hall–Kier alpha value is 0.130. The zero-order valence-corrected chi connectivity index (χ0v) is 11.8. The van der Waals surface area contributed by atoms with Crippen LogP contribution in [-0.2, 0) is 16.3 Å². The maximum Gasteiger partial charge on any atom is 0.164 e. The molecule has 15 heavy (non-hydrogen) atoms. The van der Waals surface area contributed by atoms with Crippen LogP contribution in [0.15, 0.2) is 24.3 Å². The molecule has 0 N–H and O–H groups in total. The molecule has 0 bridgehead atoms. The van der Waals surface area contributed by atoms with Gasteiger partial charge in [-0.1, -0.05) is 56.1 Å². The second-order valence-electron chi connectivity index (χ2n) is 3.57. The fraction of sp³-hybridized carbons (Fsp3) is 0.400. The van der Waals surface area contributed by atoms with Gasteiger partial charge in [0.25, 0.3) is 0 Å². The van der Waals surface area contributed by atoms with E-state index in [-0.39, 0.29) is 10.6 Å². The molecule has 0 fully saturated rings. The van der Waals surface area contributed by atoms with Crippen molar-refractivity contribution in [2.45, 2.75) is 15.4 Å². The predicted molar refractivity (Wildman–Crippen MR) is 68.3 cm³/mol. The van der Waals surface area contributed by atoms with Crippen LogP contribution in [0.5, 0.6) is 0 Å². The number of hydrogen-bond acceptors (Lipinski definition) is 2. The number of aryl methyl sites for hydroxylation is 1. The first kappa shape index (κ1) is 11.6. The van der Waals surface area contributed by atoms with Gasteiger partial charge >= 0.3 is 0 Å². The Morgan fingerprint density at radius 2 is 1.87 bits per heavy atom. The summed E-state index contributed by atoms with van der Waals surface area (Å²) in [6.07, 6.45) is 0.600. The van der Waals surface area contributed by atoms with Crippen molar-refractivity contribution in [1.82, 2.24) is 0 Å². The van der Waals surface area contributed by atoms with E-state index in [1.807, 2.05) is 24.3 Å². The molecule has 0 amide bonds. The standard InChI is InChI=1S/C10H10Br2O2S/c11-9-8-4-2-1-3-7(8)5-6-15(13,14)10(9)12/h1-4,9-10H,5-6H2/t9-,10+/m1/s1. The number of benzene rings is 1. The average Bonchev–Trinajstić information content (AvgIpc) is 2.31. The molecule has 1 heterocycles. The van der Waals surface area contributed by atoms with Crippen molar-refractivity contribution >= 4 is 41.7 Å². The first-order valence-corrected chi connectivity index (χ1v) is 8.14. The number of rotatable bonds is 0. The Kier molecular flexibility index (Phi) is 3.24. The zero-order chi connectivity index (χ0) is 11.1. The fourth-order valence-electron chi connectivity index (χ4n) is 1.72. The normalized spacial score (nSPS) is 29.2. The monoisotopic (exact) mass is 352 g/mol. The molecule has 2 atom stereocenters. The van der Waals surface area contributed by atoms with Gasteiger partial charge in [-0.15, -0.1) is 0 Å². The summed E-state index contributed by atoms with van der Waals surface area (Å²) in [7, 11) is -3.05. The van der Waals surface area contributed by atoms with Crippen molar-refractivity contribution in [2.75, 3.05) is 5.75 Å². The van der Waals surface area contributed by atoms with E-state index in [2.05, 4.69) is 31.9 Å². The van der Waals surface area contributed by atoms with Gasteiger partial charge in [-0.2, -0.15) is 0 Å². The van der Waals surface area contributed by atoms with Crippen LogP contribution < -0.4 is 0 Å². The first-order chi connectivity index (χ1) is 7.02. The maximum absolute atomic E-state index is 11.8. The largest absolute Gasteiger partial charge is 0.228 e. The topological polar surface area (TPSA) is 34.1 Å². The van der Waals surface area contributed by atoms with Crippen molar-refractivity contribution in [1.29, 1.82) is 0 Å². The highest BCUT2D eigenvalue weighted by Gasteiger charge is 2.34. The van der Waals surface area contributed by atoms with Gasteiger partial charge < -0.3 is 0 Å². The van der Waals surface area contributed by atoms with E-state index >= 15 is 0 Å². The van der Waals surface area contributed by atoms with Gasteiger partial charge in [0.15, 0.2) is 9.84 Å². The minimum Gasteiger partial charge on any atom is -0.228 e. The number of halogens is 2. The molecule has 0 aromatic heterocycles. The summed E-state index contributed by atoms with van der Waals surface area (Å²) in [5, 5.41) is 0. The lowest BCUT2D eigenvalue weighted by molar-refractivity contribution is 0.594. The van der Waals surface area contributed by atoms with E-state index < -0.39 is 14.0 Å². The average molecular weight is 354 g/mol. The van der Waals surface area contributed by atoms with Gasteiger partial charge in [0.1, 0.15) is 4.16 Å². The summed E-state index contributed by atoms with van der Waals surface area (Å²) in [6, 6.07) is 7.85. The molecule has 0 saturated heterocycles. The summed E-state index contributed by atoms with van der Waals surface area (Å²) in [5.74, 6) is 0.210. The Morgan fingerprint density at radius 3 is 2.60 bits per heavy atom. The Labute approximate surface area is 106 Å². The van der Waals surface area contributed by atoms with E-state index in [1.54, 1.807) is 0 Å². The number of hydrogen-bond donors (Lipinski definition) is 0. The molecule has 0 saturated carbocycles. The minimum absolute atomic E-state index is 0.166. The number of sulfone groups is 1. The number of alkyl halides is 2. The van der Waals surface area contributed by atoms with Crippen LogP contribution >= 0.6 is 31.9 Å². The van der Waals surface area contributed by atoms with Crippen LogP contribution in [0.1, 0.15) is 16.0 Å². The highest BCUT2D eigenvalue weighted by Crippen LogP contribution is 2.39. The molecule has 0 radical (unpaired) electrons. The molecule has 0 unspecified atom stereocenters. The van der Waals surface area contributed by atoms with Crippen LogP contribution in [0.4, 0.5) is 0 Å². The third kappa shape index (κ3) is 2.15. The predicted octanol–water partition coefficient (Wildman–Crippen LogP) is 2.81. The first-order valence-electron chi connectivity index (χ1n) is 4.60. The lowest BCUT2D eigenvalue weighted by atomic mass is 10.0. The lowest BCUT2D eigenvalue weighted by Crippen LogP contribution is -2.20. The summed E-state index contributed by atoms with van der Waals surface area (Å²) < 4.78 is 23.1. The highest BCUT2D eigenvalue weighted by molar-refractivity contribution is 9.13. The second kappa shape index (κ2) is 4.18. The van der Waals surface area contributed by atoms with Crippen LogP contribution in [0.25, 0.3) is 0 Å². The van der Waals surface area contributed by atoms with Crippen LogP contribution in [0.3, 0.4) is 0 Å². The molecule has 2 nitrogen and oxygen atoms in total. The van der Waals surface area contributed by atoms with Crippen LogP contribution in [0.2, 0.25) is 0 Å². The van der Waals surface area contributed by atoms with E-state index in [0.717, 1.165) is 11.1 Å². The van der Waals surface area contributed by atoms with Crippen molar-refractivity contribution < 1.29 is 8.42 Å². The SMILES string of the molecule is O=S1(=O)CCc2ccccc2[C@@H](Br)[C@H]1Br. The van der Waals surface area contributed by atoms with Crippen LogP contribution in [0, 0.1) is 0 Å². The maximum atomic E-state index is 11.8. The molecule has 1 aromatic rings. The van der Waals surface area contributed by atoms with Crippen LogP contribution in [-0.4, -0.2) is 18.3 Å². The van der Waals surface area contributed by atoms with Crippen molar-refractivity contribution in [3.05, 3.63) is 35.4 Å². The molecule has 2 rings (SSSR count). The van der Waals surface area contributed by atoms with E-state index in [9.17, 15) is 8.42 Å². The third-order valence-electron chi connectivity index (χ3n) is 2.58. The summed E-state index contributed by atoms with van der Waals surface area (Å²) >= 11 is 6.71. The fourth-order valence-corrected chi connectivity index (χ4v) is 5.24. The molecule has 1 aliphatic heterocycles. The van der Waals surface area contributed by atoms with Crippen molar-refractivity contribution in [2.24, 2.45) is 0 Å². The molecule has 0 spiro atoms. The Morgan fingerprint density at radius 1 is 1.20 bits per heavy atom. The highest BCUT2D eigenvalue weighted by atomic mass is 79.9. The molecular weight excluding hydrogens is 344 g/mol. The Bertz CT molecular complexity index is 470. The van der Waals surface area contributed by atoms with Gasteiger partial charge in [-0.05, 0) is 17.5 Å². The Balaban J connectivity index is 2.53. The zero-order valence-electron chi connectivity index (χ0n) is 7.86. The second-order valence-corrected chi connectivity index (χ2v) is 8.39. The van der Waals surface area contributed by atoms with Gasteiger partial charge in [-0.3, -0.25) is 0 Å². The molecule has 1 aliphatic rings. The van der Waals surface area contributed by atoms with Crippen molar-refractivity contribution in [3.8, 4) is 0 Å². The summed E-state index contributed by atoms with van der Waals surface area (Å²) in [5.41, 5.74) is 2.19. The van der Waals surface area contributed by atoms with E-state index in [1.165, 1.54) is 0 Å². The van der Waals surface area contributed by atoms with E-state index in [0.29, 0.717) is 6.42 Å². The van der Waals surface area contributed by atoms with Gasteiger partial charge in [0.05, 0.1) is 10.6 Å². The molecule has 1 aromatic carbocycles. The quantitative estimate of drug-likeness (QED) is 0.672. The summed E-state index contributed by atoms with van der Waals surface area (Å²) in [6.45, 7) is 0. The molecule has 82 valence electrons. The van der Waals surface area contributed by atoms with Gasteiger partial charge in [-0.25, -0.2) is 8.42 Å². The molecule has 5 heteroatoms. The smallest absolute Gasteiger partial charge is 0.164 e. The lowest BCUT2D eigenvalue weighted by Gasteiger charge is -2.14. The van der Waals surface area contributed by atoms with E-state index in [4.69, 9.17) is 0 Å². The van der Waals surface area contributed by atoms with Gasteiger partial charge in [0.2, 0.25) is 0 Å². The summed E-state index contributed by atoms with van der Waals surface area (Å²) in [4.78, 5) is -0.166. The van der Waals surface area contributed by atoms with Gasteiger partial charge in [0, 0.05) is 0 Å². The molecule has 0 aliphatic carbocycles. The van der Waals surface area contributed by atoms with Crippen molar-refractivity contribution in [3.63, 3.8) is 0 Å². The minimum atomic E-state index is -3.05. The third-order valence-corrected chi connectivity index (χ3v) is 8.63. The number of fused-ring (bicyclic) bond motifs is 1.